The highest BCUT2D eigenvalue weighted by Crippen LogP contribution is 2.11. The summed E-state index contributed by atoms with van der Waals surface area (Å²) in [5, 5.41) is 18.6. The van der Waals surface area contributed by atoms with Crippen LogP contribution in [0.2, 0.25) is 0 Å². The smallest absolute Gasteiger partial charge is 0.243 e. The van der Waals surface area contributed by atoms with Crippen molar-refractivity contribution in [3.05, 3.63) is 0 Å². The lowest BCUT2D eigenvalue weighted by Gasteiger charge is -2.28. The Morgan fingerprint density at radius 2 is 1.43 bits per heavy atom. The molecule has 0 aromatic carbocycles. The molecule has 0 rings (SSSR count). The molecule has 0 bridgehead atoms. The van der Waals surface area contributed by atoms with Gasteiger partial charge in [-0.15, -0.1) is 0 Å². The predicted octanol–water partition coefficient (Wildman–Crippen LogP) is 2.76. The highest BCUT2D eigenvalue weighted by molar-refractivity contribution is 5.92. The van der Waals surface area contributed by atoms with Gasteiger partial charge in [-0.05, 0) is 37.5 Å². The van der Waals surface area contributed by atoms with Crippen LogP contribution in [0.1, 0.15) is 87.5 Å². The first-order chi connectivity index (χ1) is 13.9. The van der Waals surface area contributed by atoms with Crippen molar-refractivity contribution in [3.8, 4) is 0 Å². The molecular weight excluding hydrogens is 382 g/mol. The molecule has 176 valence electrons. The van der Waals surface area contributed by atoms with Gasteiger partial charge < -0.3 is 21.1 Å². The van der Waals surface area contributed by atoms with Crippen LogP contribution in [0.25, 0.3) is 0 Å². The quantitative estimate of drug-likeness (QED) is 0.342. The molecule has 0 aromatic rings. The van der Waals surface area contributed by atoms with Crippen molar-refractivity contribution in [2.45, 2.75) is 112 Å². The van der Waals surface area contributed by atoms with Crippen LogP contribution in [0, 0.1) is 17.8 Å². The summed E-state index contributed by atoms with van der Waals surface area (Å²) >= 11 is 0. The number of carbonyl (C=O) groups excluding carboxylic acids is 3. The number of nitrogens with one attached hydrogen (secondary N) is 3. The molecule has 4 N–H and O–H groups in total. The summed E-state index contributed by atoms with van der Waals surface area (Å²) in [7, 11) is 0. The highest BCUT2D eigenvalue weighted by atomic mass is 16.3. The van der Waals surface area contributed by atoms with Gasteiger partial charge in [0.1, 0.15) is 12.1 Å². The lowest BCUT2D eigenvalue weighted by Crippen LogP contribution is -2.57. The first kappa shape index (κ1) is 28.4. The summed E-state index contributed by atoms with van der Waals surface area (Å²) in [4.78, 5) is 38.0. The Labute approximate surface area is 183 Å². The second kappa shape index (κ2) is 14.4. The maximum absolute atomic E-state index is 12.9. The molecule has 0 aliphatic rings. The topological polar surface area (TPSA) is 108 Å². The van der Waals surface area contributed by atoms with E-state index >= 15 is 0 Å². The fourth-order valence-corrected chi connectivity index (χ4v) is 3.24. The zero-order chi connectivity index (χ0) is 23.4. The average molecular weight is 428 g/mol. The molecule has 7 nitrogen and oxygen atoms in total. The second-order valence-electron chi connectivity index (χ2n) is 9.58. The molecule has 0 aliphatic heterocycles. The van der Waals surface area contributed by atoms with E-state index in [1.54, 1.807) is 6.92 Å². The predicted molar refractivity (Wildman–Crippen MR) is 121 cm³/mol. The number of aliphatic hydroxyl groups excluding tert-OH is 1. The van der Waals surface area contributed by atoms with E-state index in [2.05, 4.69) is 16.0 Å². The first-order valence-corrected chi connectivity index (χ1v) is 11.5. The van der Waals surface area contributed by atoms with E-state index < -0.39 is 18.2 Å². The zero-order valence-electron chi connectivity index (χ0n) is 20.2. The average Bonchev–Trinajstić information content (AvgIpc) is 2.60. The van der Waals surface area contributed by atoms with Gasteiger partial charge in [-0.25, -0.2) is 0 Å². The third-order valence-corrected chi connectivity index (χ3v) is 4.97. The van der Waals surface area contributed by atoms with Crippen molar-refractivity contribution in [2.75, 3.05) is 0 Å². The van der Waals surface area contributed by atoms with Crippen molar-refractivity contribution >= 4 is 17.7 Å². The monoisotopic (exact) mass is 427 g/mol. The molecule has 3 amide bonds. The van der Waals surface area contributed by atoms with E-state index in [-0.39, 0.29) is 35.6 Å². The molecule has 7 heteroatoms. The van der Waals surface area contributed by atoms with E-state index in [1.807, 2.05) is 48.5 Å². The summed E-state index contributed by atoms with van der Waals surface area (Å²) in [5.74, 6) is -0.408. The minimum absolute atomic E-state index is 0.109. The van der Waals surface area contributed by atoms with Crippen LogP contribution in [-0.2, 0) is 14.4 Å². The van der Waals surface area contributed by atoms with Gasteiger partial charge in [-0.3, -0.25) is 14.4 Å². The van der Waals surface area contributed by atoms with Crippen LogP contribution in [0.15, 0.2) is 0 Å². The Bertz CT molecular complexity index is 533. The molecule has 0 aliphatic carbocycles. The molecule has 0 spiro atoms. The standard InChI is InChI=1S/C23H45N3O4/c1-9-10-11-18(22(29)25-19(17(8)27)12-14(2)3)24-23(30)21(16(6)7)26-20(28)13-15(4)5/h14-19,21,27H,9-13H2,1-8H3,(H,24,30)(H,25,29)(H,26,28)/t17-,18-,19-,21-/m0/s1. The van der Waals surface area contributed by atoms with Gasteiger partial charge in [-0.1, -0.05) is 61.3 Å². The van der Waals surface area contributed by atoms with Crippen LogP contribution in [-0.4, -0.2) is 47.1 Å². The fraction of sp³-hybridized carbons (Fsp3) is 0.870. The van der Waals surface area contributed by atoms with E-state index in [0.717, 1.165) is 12.8 Å². The Morgan fingerprint density at radius 3 is 1.87 bits per heavy atom. The van der Waals surface area contributed by atoms with Crippen molar-refractivity contribution < 1.29 is 19.5 Å². The van der Waals surface area contributed by atoms with Gasteiger partial charge >= 0.3 is 0 Å². The minimum atomic E-state index is -0.700. The molecule has 30 heavy (non-hydrogen) atoms. The number of amides is 3. The summed E-state index contributed by atoms with van der Waals surface area (Å²) < 4.78 is 0. The summed E-state index contributed by atoms with van der Waals surface area (Å²) in [5.41, 5.74) is 0. The molecule has 0 saturated carbocycles. The van der Waals surface area contributed by atoms with Gasteiger partial charge in [0, 0.05) is 6.42 Å². The molecule has 4 atom stereocenters. The molecule has 0 aromatic heterocycles. The highest BCUT2D eigenvalue weighted by Gasteiger charge is 2.30. The van der Waals surface area contributed by atoms with Crippen LogP contribution >= 0.6 is 0 Å². The van der Waals surface area contributed by atoms with Crippen LogP contribution in [0.5, 0.6) is 0 Å². The summed E-state index contributed by atoms with van der Waals surface area (Å²) in [6.45, 7) is 15.4. The first-order valence-electron chi connectivity index (χ1n) is 11.5. The van der Waals surface area contributed by atoms with E-state index in [1.165, 1.54) is 0 Å². The lowest BCUT2D eigenvalue weighted by atomic mass is 9.98. The van der Waals surface area contributed by atoms with Crippen molar-refractivity contribution in [3.63, 3.8) is 0 Å². The van der Waals surface area contributed by atoms with Gasteiger partial charge in [0.15, 0.2) is 0 Å². The maximum Gasteiger partial charge on any atom is 0.243 e. The van der Waals surface area contributed by atoms with Crippen molar-refractivity contribution in [2.24, 2.45) is 17.8 Å². The van der Waals surface area contributed by atoms with Crippen LogP contribution in [0.3, 0.4) is 0 Å². The van der Waals surface area contributed by atoms with E-state index in [4.69, 9.17) is 0 Å². The van der Waals surface area contributed by atoms with Gasteiger partial charge in [0.05, 0.1) is 12.1 Å². The number of hydrogen-bond donors (Lipinski definition) is 4. The van der Waals surface area contributed by atoms with Crippen molar-refractivity contribution in [1.29, 1.82) is 0 Å². The number of hydrogen-bond acceptors (Lipinski definition) is 4. The second-order valence-corrected chi connectivity index (χ2v) is 9.58. The molecule has 0 unspecified atom stereocenters. The molecule has 0 radical (unpaired) electrons. The lowest BCUT2D eigenvalue weighted by molar-refractivity contribution is -0.133. The largest absolute Gasteiger partial charge is 0.391 e. The molecule has 0 heterocycles. The normalized spacial score (nSPS) is 15.6. The Kier molecular flexibility index (Phi) is 13.6. The number of unbranched alkanes of at least 4 members (excludes halogenated alkanes) is 1. The number of aliphatic hydroxyl groups is 1. The van der Waals surface area contributed by atoms with Gasteiger partial charge in [-0.2, -0.15) is 0 Å². The number of carbonyl (C=O) groups is 3. The Morgan fingerprint density at radius 1 is 0.833 bits per heavy atom. The third kappa shape index (κ3) is 11.5. The summed E-state index contributed by atoms with van der Waals surface area (Å²) in [6.07, 6.45) is 2.50. The Hall–Kier alpha value is -1.63. The fourth-order valence-electron chi connectivity index (χ4n) is 3.24. The molecule has 0 fully saturated rings. The van der Waals surface area contributed by atoms with Gasteiger partial charge in [0.2, 0.25) is 17.7 Å². The van der Waals surface area contributed by atoms with Crippen molar-refractivity contribution in [1.82, 2.24) is 16.0 Å². The molecular formula is C23H45N3O4. The minimum Gasteiger partial charge on any atom is -0.391 e. The molecule has 0 saturated heterocycles. The SMILES string of the molecule is CCCC[C@H](NC(=O)[C@@H](NC(=O)CC(C)C)C(C)C)C(=O)N[C@@H](CC(C)C)[C@H](C)O. The van der Waals surface area contributed by atoms with E-state index in [0.29, 0.717) is 25.2 Å². The zero-order valence-corrected chi connectivity index (χ0v) is 20.2. The van der Waals surface area contributed by atoms with Crippen LogP contribution < -0.4 is 16.0 Å². The van der Waals surface area contributed by atoms with E-state index in [9.17, 15) is 19.5 Å². The third-order valence-electron chi connectivity index (χ3n) is 4.97. The maximum atomic E-state index is 12.9. The Balaban J connectivity index is 5.28. The summed E-state index contributed by atoms with van der Waals surface area (Å²) in [6, 6.07) is -1.77. The number of rotatable bonds is 14. The van der Waals surface area contributed by atoms with Crippen LogP contribution in [0.4, 0.5) is 0 Å². The van der Waals surface area contributed by atoms with Gasteiger partial charge in [0.25, 0.3) is 0 Å².